The zero-order chi connectivity index (χ0) is 42.7. The lowest BCUT2D eigenvalue weighted by atomic mass is 9.90. The number of nitrogens with zero attached hydrogens (tertiary/aromatic N) is 1. The second-order valence-electron chi connectivity index (χ2n) is 16.4. The van der Waals surface area contributed by atoms with Crippen LogP contribution in [0.25, 0.3) is 5.57 Å². The molecular formula is C53H55NO6S2. The Labute approximate surface area is 375 Å². The number of carbonyl (C=O) groups excluding carboxylic acids is 1. The van der Waals surface area contributed by atoms with Gasteiger partial charge in [0.1, 0.15) is 23.9 Å². The molecule has 0 spiro atoms. The number of thioether (sulfide) groups is 2. The minimum absolute atomic E-state index is 0.230. The largest absolute Gasteiger partial charge is 0.494 e. The zero-order valence-corrected chi connectivity index (χ0v) is 37.4. The Morgan fingerprint density at radius 3 is 1.98 bits per heavy atom. The molecule has 2 fully saturated rings. The van der Waals surface area contributed by atoms with Gasteiger partial charge in [-0.25, -0.2) is 0 Å². The summed E-state index contributed by atoms with van der Waals surface area (Å²) in [4.78, 5) is 15.3. The fraction of sp³-hybridized carbons (Fsp3) is 0.358. The number of esters is 1. The number of aryl methyl sites for hydroxylation is 3. The molecule has 0 bridgehead atoms. The summed E-state index contributed by atoms with van der Waals surface area (Å²) in [6.07, 6.45) is 10.4. The number of nitriles is 1. The van der Waals surface area contributed by atoms with Gasteiger partial charge in [0.2, 0.25) is 0 Å². The highest BCUT2D eigenvalue weighted by Crippen LogP contribution is 2.60. The summed E-state index contributed by atoms with van der Waals surface area (Å²) in [6, 6.07) is 39.1. The van der Waals surface area contributed by atoms with Gasteiger partial charge >= 0.3 is 5.97 Å². The highest BCUT2D eigenvalue weighted by Gasteiger charge is 2.43. The highest BCUT2D eigenvalue weighted by atomic mass is 32.2. The first-order chi connectivity index (χ1) is 30.5. The number of hydrogen-bond donors (Lipinski definition) is 0. The van der Waals surface area contributed by atoms with E-state index in [9.17, 15) is 10.1 Å². The molecule has 2 heterocycles. The van der Waals surface area contributed by atoms with Crippen molar-refractivity contribution in [2.45, 2.75) is 107 Å². The first kappa shape index (κ1) is 43.7. The Morgan fingerprint density at radius 1 is 0.694 bits per heavy atom. The van der Waals surface area contributed by atoms with Gasteiger partial charge in [-0.05, 0) is 114 Å². The van der Waals surface area contributed by atoms with Crippen LogP contribution >= 0.6 is 23.5 Å². The second kappa shape index (κ2) is 21.4. The van der Waals surface area contributed by atoms with Crippen LogP contribution in [0.15, 0.2) is 123 Å². The number of ether oxygens (including phenoxy) is 5. The predicted octanol–water partition coefficient (Wildman–Crippen LogP) is 12.5. The van der Waals surface area contributed by atoms with Crippen molar-refractivity contribution < 1.29 is 28.5 Å². The summed E-state index contributed by atoms with van der Waals surface area (Å²) in [5.41, 5.74) is 8.49. The minimum atomic E-state index is -0.298. The number of benzene rings is 5. The monoisotopic (exact) mass is 865 g/mol. The molecule has 9 heteroatoms. The zero-order valence-electron chi connectivity index (χ0n) is 35.7. The van der Waals surface area contributed by atoms with E-state index in [2.05, 4.69) is 68.4 Å². The Kier molecular flexibility index (Phi) is 15.1. The lowest BCUT2D eigenvalue weighted by molar-refractivity contribution is -0.134. The van der Waals surface area contributed by atoms with Crippen LogP contribution in [0.1, 0.15) is 97.7 Å². The van der Waals surface area contributed by atoms with E-state index in [1.807, 2.05) is 60.7 Å². The molecule has 320 valence electrons. The van der Waals surface area contributed by atoms with Crippen LogP contribution < -0.4 is 14.2 Å². The Balaban J connectivity index is 0.941. The lowest BCUT2D eigenvalue weighted by Crippen LogP contribution is -2.19. The van der Waals surface area contributed by atoms with E-state index in [1.165, 1.54) is 24.0 Å². The van der Waals surface area contributed by atoms with Gasteiger partial charge in [-0.3, -0.25) is 4.79 Å². The number of hydrogen-bond acceptors (Lipinski definition) is 9. The number of rotatable bonds is 20. The molecule has 5 aromatic rings. The molecule has 62 heavy (non-hydrogen) atoms. The third-order valence-electron chi connectivity index (χ3n) is 11.6. The van der Waals surface area contributed by atoms with Crippen molar-refractivity contribution in [2.24, 2.45) is 5.92 Å². The van der Waals surface area contributed by atoms with Gasteiger partial charge in [-0.1, -0.05) is 123 Å². The number of epoxide rings is 1. The maximum Gasteiger partial charge on any atom is 0.311 e. The molecule has 2 aliphatic heterocycles. The predicted molar refractivity (Wildman–Crippen MR) is 248 cm³/mol. The van der Waals surface area contributed by atoms with Crippen molar-refractivity contribution in [2.75, 3.05) is 19.8 Å². The maximum absolute atomic E-state index is 13.5. The first-order valence-corrected chi connectivity index (χ1v) is 23.8. The van der Waals surface area contributed by atoms with Crippen molar-refractivity contribution in [3.63, 3.8) is 0 Å². The third kappa shape index (κ3) is 11.5. The summed E-state index contributed by atoms with van der Waals surface area (Å²) >= 11 is 3.24. The summed E-state index contributed by atoms with van der Waals surface area (Å²) in [7, 11) is 0. The molecule has 0 radical (unpaired) electrons. The normalized spacial score (nSPS) is 18.3. The van der Waals surface area contributed by atoms with Gasteiger partial charge < -0.3 is 23.7 Å². The molecule has 0 aromatic heterocycles. The number of fused-ring (bicyclic) bond motifs is 2. The van der Waals surface area contributed by atoms with Crippen LogP contribution in [-0.2, 0) is 40.1 Å². The van der Waals surface area contributed by atoms with Gasteiger partial charge in [-0.15, -0.1) is 0 Å². The smallest absolute Gasteiger partial charge is 0.311 e. The fourth-order valence-electron chi connectivity index (χ4n) is 8.13. The molecule has 3 atom stereocenters. The molecule has 3 aliphatic rings. The van der Waals surface area contributed by atoms with E-state index in [1.54, 1.807) is 23.5 Å². The molecule has 8 rings (SSSR count). The molecule has 3 unspecified atom stereocenters. The standard InChI is InChI=1S/C53H55NO6S2/c1-3-6-36-8-10-40(11-9-36)35-58-46-27-28-47(52-51(46)61-53(62-52)50(43-22-14-39(33-54)15-23-43)42-20-12-37(7-4-2)13-21-42)60-49(55)29-19-38-16-24-44(25-17-38)57-31-5-30-56-34-41-18-26-45-48(32-41)59-45/h8-17,20-25,27-28,41,45,48H,3-7,18-19,26,29-32,34-35H2,1-2H3/b53-50+. The van der Waals surface area contributed by atoms with Crippen LogP contribution in [0.3, 0.4) is 0 Å². The van der Waals surface area contributed by atoms with Crippen LogP contribution in [0.5, 0.6) is 17.2 Å². The topological polar surface area (TPSA) is 90.3 Å². The average Bonchev–Trinajstić information content (AvgIpc) is 3.95. The molecule has 7 nitrogen and oxygen atoms in total. The van der Waals surface area contributed by atoms with Gasteiger partial charge in [-0.2, -0.15) is 5.26 Å². The van der Waals surface area contributed by atoms with Crippen molar-refractivity contribution in [1.82, 2.24) is 0 Å². The quantitative estimate of drug-likeness (QED) is 0.0328. The third-order valence-corrected chi connectivity index (χ3v) is 14.2. The van der Waals surface area contributed by atoms with Gasteiger partial charge in [0.15, 0.2) is 0 Å². The molecule has 5 aromatic carbocycles. The lowest BCUT2D eigenvalue weighted by Gasteiger charge is -2.18. The Hall–Kier alpha value is -4.98. The SMILES string of the molecule is CCCc1ccc(COc2ccc(OC(=O)CCc3ccc(OCCCOCC4CCC5OC5C4)cc3)c3c2S/C(=C(\c2ccc(C#N)cc2)c2ccc(CCC)cc2)S3)cc1. The summed E-state index contributed by atoms with van der Waals surface area (Å²) < 4.78 is 31.3. The number of carbonyl (C=O) groups is 1. The van der Waals surface area contributed by atoms with Crippen molar-refractivity contribution in [1.29, 1.82) is 5.26 Å². The van der Waals surface area contributed by atoms with E-state index < -0.39 is 0 Å². The van der Waals surface area contributed by atoms with E-state index in [-0.39, 0.29) is 12.4 Å². The van der Waals surface area contributed by atoms with Gasteiger partial charge in [0.25, 0.3) is 0 Å². The van der Waals surface area contributed by atoms with E-state index in [0.717, 1.165) is 98.5 Å². The molecule has 1 saturated heterocycles. The molecular weight excluding hydrogens is 811 g/mol. The molecule has 1 saturated carbocycles. The molecule has 0 N–H and O–H groups in total. The van der Waals surface area contributed by atoms with Crippen molar-refractivity contribution in [3.8, 4) is 23.3 Å². The van der Waals surface area contributed by atoms with E-state index in [4.69, 9.17) is 23.7 Å². The van der Waals surface area contributed by atoms with Crippen LogP contribution in [0.2, 0.25) is 0 Å². The Bertz CT molecular complexity index is 2350. The van der Waals surface area contributed by atoms with Gasteiger partial charge in [0.05, 0.1) is 44.5 Å². The fourth-order valence-corrected chi connectivity index (χ4v) is 10.9. The first-order valence-electron chi connectivity index (χ1n) is 22.2. The van der Waals surface area contributed by atoms with Gasteiger partial charge in [0, 0.05) is 31.6 Å². The van der Waals surface area contributed by atoms with Crippen LogP contribution in [-0.4, -0.2) is 38.0 Å². The highest BCUT2D eigenvalue weighted by molar-refractivity contribution is 8.25. The second-order valence-corrected chi connectivity index (χ2v) is 18.7. The average molecular weight is 866 g/mol. The van der Waals surface area contributed by atoms with Crippen molar-refractivity contribution in [3.05, 3.63) is 152 Å². The Morgan fingerprint density at radius 2 is 1.31 bits per heavy atom. The van der Waals surface area contributed by atoms with Crippen LogP contribution in [0.4, 0.5) is 0 Å². The van der Waals surface area contributed by atoms with E-state index >= 15 is 0 Å². The summed E-state index contributed by atoms with van der Waals surface area (Å²) in [5.74, 6) is 2.39. The van der Waals surface area contributed by atoms with E-state index in [0.29, 0.717) is 55.7 Å². The summed E-state index contributed by atoms with van der Waals surface area (Å²) in [6.45, 7) is 6.89. The molecule has 0 amide bonds. The van der Waals surface area contributed by atoms with Crippen LogP contribution in [0, 0.1) is 17.2 Å². The summed E-state index contributed by atoms with van der Waals surface area (Å²) in [5, 5.41) is 9.56. The molecule has 1 aliphatic carbocycles. The van der Waals surface area contributed by atoms with Crippen molar-refractivity contribution >= 4 is 35.1 Å². The minimum Gasteiger partial charge on any atom is -0.494 e. The maximum atomic E-state index is 13.5.